The van der Waals surface area contributed by atoms with E-state index in [1.807, 2.05) is 27.7 Å². The van der Waals surface area contributed by atoms with Gasteiger partial charge >= 0.3 is 11.9 Å². The second-order valence-electron chi connectivity index (χ2n) is 5.15. The van der Waals surface area contributed by atoms with E-state index in [4.69, 9.17) is 21.7 Å². The normalized spacial score (nSPS) is 13.1. The van der Waals surface area contributed by atoms with Gasteiger partial charge < -0.3 is 21.7 Å². The summed E-state index contributed by atoms with van der Waals surface area (Å²) in [5, 5.41) is 16.6. The van der Waals surface area contributed by atoms with Gasteiger partial charge in [0.05, 0.1) is 0 Å². The van der Waals surface area contributed by atoms with E-state index < -0.39 is 24.0 Å². The predicted octanol–water partition coefficient (Wildman–Crippen LogP) is 0.886. The van der Waals surface area contributed by atoms with Gasteiger partial charge in [-0.25, -0.2) is 0 Å². The first-order chi connectivity index (χ1) is 8.07. The molecule has 0 aromatic rings. The molecule has 0 aliphatic rings. The molecule has 0 spiro atoms. The Kier molecular flexibility index (Phi) is 15.5. The van der Waals surface area contributed by atoms with Gasteiger partial charge in [0.25, 0.3) is 0 Å². The number of carboxylic acid groups (broad SMARTS) is 2. The van der Waals surface area contributed by atoms with Crippen LogP contribution < -0.4 is 11.5 Å². The Balaban J connectivity index is -0.000000256. The fourth-order valence-electron chi connectivity index (χ4n) is 1.22. The first-order valence-corrected chi connectivity index (χ1v) is 6.04. The Labute approximate surface area is 127 Å². The molecule has 0 bridgehead atoms. The molecule has 7 heteroatoms. The molecular weight excluding hydrogens is 302 g/mol. The van der Waals surface area contributed by atoms with Crippen molar-refractivity contribution in [2.24, 2.45) is 23.3 Å². The minimum Gasteiger partial charge on any atom is -0.480 e. The van der Waals surface area contributed by atoms with Crippen molar-refractivity contribution in [3.63, 3.8) is 0 Å². The van der Waals surface area contributed by atoms with E-state index in [-0.39, 0.29) is 19.5 Å². The van der Waals surface area contributed by atoms with Crippen LogP contribution in [0.15, 0.2) is 0 Å². The van der Waals surface area contributed by atoms with Crippen molar-refractivity contribution in [3.05, 3.63) is 0 Å². The van der Waals surface area contributed by atoms with Crippen LogP contribution in [-0.4, -0.2) is 34.2 Å². The number of hydrogen-bond acceptors (Lipinski definition) is 4. The largest absolute Gasteiger partial charge is 0.480 e. The van der Waals surface area contributed by atoms with Crippen LogP contribution in [0.2, 0.25) is 0 Å². The molecule has 0 heterocycles. The topological polar surface area (TPSA) is 127 Å². The van der Waals surface area contributed by atoms with Crippen LogP contribution >= 0.6 is 0 Å². The number of aliphatic carboxylic acids is 2. The van der Waals surface area contributed by atoms with Gasteiger partial charge in [-0.3, -0.25) is 9.59 Å². The molecule has 0 aliphatic carbocycles. The van der Waals surface area contributed by atoms with Gasteiger partial charge in [0.15, 0.2) is 0 Å². The average Bonchev–Trinajstić information content (AvgIpc) is 2.16. The van der Waals surface area contributed by atoms with E-state index in [2.05, 4.69) is 0 Å². The molecule has 19 heavy (non-hydrogen) atoms. The van der Waals surface area contributed by atoms with Crippen molar-refractivity contribution in [1.82, 2.24) is 0 Å². The van der Waals surface area contributed by atoms with Gasteiger partial charge in [0.2, 0.25) is 0 Å². The van der Waals surface area contributed by atoms with Gasteiger partial charge in [-0.05, 0) is 24.7 Å². The van der Waals surface area contributed by atoms with Crippen molar-refractivity contribution in [3.8, 4) is 0 Å². The molecule has 0 aliphatic heterocycles. The minimum absolute atomic E-state index is 0. The zero-order valence-corrected chi connectivity index (χ0v) is 15.3. The summed E-state index contributed by atoms with van der Waals surface area (Å²) in [4.78, 5) is 20.2. The quantitative estimate of drug-likeness (QED) is 0.536. The summed E-state index contributed by atoms with van der Waals surface area (Å²) in [6.07, 6.45) is 1.10. The average molecular weight is 328 g/mol. The fraction of sp³-hybridized carbons (Fsp3) is 0.833. The molecule has 6 nitrogen and oxygen atoms in total. The van der Waals surface area contributed by atoms with E-state index in [1.54, 1.807) is 0 Å². The second kappa shape index (κ2) is 12.5. The summed E-state index contributed by atoms with van der Waals surface area (Å²) < 4.78 is 0. The van der Waals surface area contributed by atoms with Crippen molar-refractivity contribution < 1.29 is 39.3 Å². The number of nitrogens with two attached hydrogens (primary N) is 2. The Hall–Kier alpha value is -0.517. The smallest absolute Gasteiger partial charge is 0.320 e. The Bertz CT molecular complexity index is 234. The van der Waals surface area contributed by atoms with Crippen LogP contribution in [0.1, 0.15) is 40.5 Å². The summed E-state index contributed by atoms with van der Waals surface area (Å²) in [7, 11) is 0. The van der Waals surface area contributed by atoms with Crippen LogP contribution in [-0.2, 0) is 29.1 Å². The predicted molar refractivity (Wildman–Crippen MR) is 70.1 cm³/mol. The van der Waals surface area contributed by atoms with Crippen molar-refractivity contribution in [2.75, 3.05) is 0 Å². The molecule has 0 unspecified atom stereocenters. The van der Waals surface area contributed by atoms with Gasteiger partial charge in [-0.15, -0.1) is 0 Å². The molecule has 110 valence electrons. The van der Waals surface area contributed by atoms with Gasteiger partial charge in [0.1, 0.15) is 12.1 Å². The monoisotopic (exact) mass is 326 g/mol. The Morgan fingerprint density at radius 3 is 1.11 bits per heavy atom. The van der Waals surface area contributed by atoms with E-state index >= 15 is 0 Å². The molecule has 0 fully saturated rings. The summed E-state index contributed by atoms with van der Waals surface area (Å²) in [6.45, 7) is 7.79. The maximum atomic E-state index is 10.1. The van der Waals surface area contributed by atoms with E-state index in [9.17, 15) is 9.59 Å². The summed E-state index contributed by atoms with van der Waals surface area (Å²) in [6, 6.07) is -1.38. The van der Waals surface area contributed by atoms with Crippen LogP contribution in [0.4, 0.5) is 0 Å². The van der Waals surface area contributed by atoms with Crippen LogP contribution in [0.3, 0.4) is 0 Å². The van der Waals surface area contributed by atoms with Crippen molar-refractivity contribution >= 4 is 11.9 Å². The minimum atomic E-state index is -0.913. The maximum absolute atomic E-state index is 10.1. The van der Waals surface area contributed by atoms with Gasteiger partial charge in [0, 0.05) is 19.5 Å². The summed E-state index contributed by atoms with van der Waals surface area (Å²) in [5.74, 6) is -1.11. The third kappa shape index (κ3) is 17.5. The Morgan fingerprint density at radius 1 is 0.842 bits per heavy atom. The van der Waals surface area contributed by atoms with Crippen LogP contribution in [0.5, 0.6) is 0 Å². The Morgan fingerprint density at radius 2 is 1.05 bits per heavy atom. The fourth-order valence-corrected chi connectivity index (χ4v) is 1.22. The molecule has 2 atom stereocenters. The first-order valence-electron chi connectivity index (χ1n) is 6.04. The summed E-state index contributed by atoms with van der Waals surface area (Å²) in [5.41, 5.74) is 10.4. The van der Waals surface area contributed by atoms with E-state index in [0.717, 1.165) is 0 Å². The zero-order chi connectivity index (χ0) is 14.9. The molecule has 0 aromatic carbocycles. The molecule has 0 saturated heterocycles. The number of hydrogen-bond donors (Lipinski definition) is 4. The van der Waals surface area contributed by atoms with E-state index in [0.29, 0.717) is 24.7 Å². The molecule has 0 aromatic heterocycles. The maximum Gasteiger partial charge on any atom is 0.320 e. The van der Waals surface area contributed by atoms with Crippen LogP contribution in [0, 0.1) is 11.8 Å². The third-order valence-electron chi connectivity index (χ3n) is 2.09. The second-order valence-corrected chi connectivity index (χ2v) is 5.15. The molecule has 0 radical (unpaired) electrons. The molecule has 0 saturated carbocycles. The van der Waals surface area contributed by atoms with Crippen LogP contribution in [0.25, 0.3) is 0 Å². The SMILES string of the molecule is CC(C)C[C@H](N)C(=O)O.CC(C)C[C@H](N)C(=O)O.[Zn]. The van der Waals surface area contributed by atoms with Gasteiger partial charge in [-0.1, -0.05) is 27.7 Å². The van der Waals surface area contributed by atoms with Crippen molar-refractivity contribution in [2.45, 2.75) is 52.6 Å². The number of rotatable bonds is 6. The molecular formula is C12H26N2O4Zn. The first kappa shape index (κ1) is 23.6. The summed E-state index contributed by atoms with van der Waals surface area (Å²) >= 11 is 0. The molecule has 0 amide bonds. The third-order valence-corrected chi connectivity index (χ3v) is 2.09. The number of carboxylic acids is 2. The molecule has 6 N–H and O–H groups in total. The molecule has 0 rings (SSSR count). The number of carbonyl (C=O) groups is 2. The van der Waals surface area contributed by atoms with E-state index in [1.165, 1.54) is 0 Å². The zero-order valence-electron chi connectivity index (χ0n) is 12.3. The standard InChI is InChI=1S/2C6H13NO2.Zn/c2*1-4(2)3-5(7)6(8)9;/h2*4-5H,3,7H2,1-2H3,(H,8,9);/t2*5-;/m00./s1. The van der Waals surface area contributed by atoms with Gasteiger partial charge in [-0.2, -0.15) is 0 Å². The van der Waals surface area contributed by atoms with Crippen molar-refractivity contribution in [1.29, 1.82) is 0 Å².